The van der Waals surface area contributed by atoms with Gasteiger partial charge in [-0.05, 0) is 43.7 Å². The second-order valence-electron chi connectivity index (χ2n) is 6.98. The van der Waals surface area contributed by atoms with Gasteiger partial charge in [0.05, 0.1) is 27.8 Å². The van der Waals surface area contributed by atoms with Crippen LogP contribution in [0.2, 0.25) is 10.0 Å². The molecule has 0 saturated carbocycles. The maximum atomic E-state index is 12.9. The average Bonchev–Trinajstić information content (AvgIpc) is 2.94. The number of nitrogens with zero attached hydrogens (tertiary/aromatic N) is 2. The van der Waals surface area contributed by atoms with Gasteiger partial charge < -0.3 is 10.1 Å². The molecule has 1 atom stereocenters. The standard InChI is InChI=1S/C22H21Cl2N3O4/c1-13-20(22(30)27(26(13)3)16-7-5-4-6-8-16)25-21(29)14(2)31-19(28)12-15-9-10-17(23)18(24)11-15/h4-11,14H,12H2,1-3H3,(H,25,29)/t14-/m1/s1. The highest BCUT2D eigenvalue weighted by atomic mass is 35.5. The fraction of sp³-hybridized carbons (Fsp3) is 0.227. The first-order valence-electron chi connectivity index (χ1n) is 9.47. The first-order valence-corrected chi connectivity index (χ1v) is 10.2. The van der Waals surface area contributed by atoms with Gasteiger partial charge in [0.1, 0.15) is 5.69 Å². The Morgan fingerprint density at radius 2 is 1.77 bits per heavy atom. The Hall–Kier alpha value is -3.03. The molecule has 0 unspecified atom stereocenters. The molecule has 0 spiro atoms. The molecule has 31 heavy (non-hydrogen) atoms. The fourth-order valence-electron chi connectivity index (χ4n) is 3.05. The van der Waals surface area contributed by atoms with E-state index in [1.165, 1.54) is 11.6 Å². The third kappa shape index (κ3) is 5.00. The highest BCUT2D eigenvalue weighted by molar-refractivity contribution is 6.42. The molecule has 0 aliphatic carbocycles. The number of carbonyl (C=O) groups excluding carboxylic acids is 2. The number of benzene rings is 2. The summed E-state index contributed by atoms with van der Waals surface area (Å²) in [7, 11) is 1.72. The molecule has 0 fully saturated rings. The monoisotopic (exact) mass is 461 g/mol. The first kappa shape index (κ1) is 22.7. The molecule has 162 valence electrons. The summed E-state index contributed by atoms with van der Waals surface area (Å²) in [6.07, 6.45) is -1.17. The number of nitrogens with one attached hydrogen (secondary N) is 1. The molecule has 7 nitrogen and oxygen atoms in total. The third-order valence-electron chi connectivity index (χ3n) is 4.81. The minimum atomic E-state index is -1.10. The van der Waals surface area contributed by atoms with Crippen LogP contribution in [0.15, 0.2) is 53.3 Å². The van der Waals surface area contributed by atoms with E-state index in [0.29, 0.717) is 27.0 Å². The molecule has 1 N–H and O–H groups in total. The van der Waals surface area contributed by atoms with E-state index in [0.717, 1.165) is 0 Å². The molecule has 0 bridgehead atoms. The normalized spacial score (nSPS) is 11.8. The highest BCUT2D eigenvalue weighted by Gasteiger charge is 2.23. The number of para-hydroxylation sites is 1. The molecule has 0 aliphatic rings. The summed E-state index contributed by atoms with van der Waals surface area (Å²) in [6, 6.07) is 13.9. The van der Waals surface area contributed by atoms with Gasteiger partial charge in [0.15, 0.2) is 6.10 Å². The van der Waals surface area contributed by atoms with Crippen LogP contribution in [0, 0.1) is 6.92 Å². The van der Waals surface area contributed by atoms with Crippen LogP contribution in [0.3, 0.4) is 0 Å². The number of ether oxygens (including phenoxy) is 1. The molecule has 9 heteroatoms. The van der Waals surface area contributed by atoms with Crippen molar-refractivity contribution >= 4 is 40.8 Å². The predicted octanol–water partition coefficient (Wildman–Crippen LogP) is 3.90. The molecule has 0 radical (unpaired) electrons. The maximum absolute atomic E-state index is 12.9. The zero-order valence-corrected chi connectivity index (χ0v) is 18.7. The molecular weight excluding hydrogens is 441 g/mol. The Balaban J connectivity index is 1.70. The van der Waals surface area contributed by atoms with E-state index in [1.807, 2.05) is 18.2 Å². The predicted molar refractivity (Wildman–Crippen MR) is 120 cm³/mol. The SMILES string of the molecule is Cc1c(NC(=O)[C@@H](C)OC(=O)Cc2ccc(Cl)c(Cl)c2)c(=O)n(-c2ccccc2)n1C. The largest absolute Gasteiger partial charge is 0.452 e. The van der Waals surface area contributed by atoms with E-state index in [4.69, 9.17) is 27.9 Å². The third-order valence-corrected chi connectivity index (χ3v) is 5.55. The molecule has 3 rings (SSSR count). The van der Waals surface area contributed by atoms with Crippen LogP contribution < -0.4 is 10.9 Å². The molecule has 1 heterocycles. The van der Waals surface area contributed by atoms with E-state index in [2.05, 4.69) is 5.32 Å². The number of aromatic nitrogens is 2. The molecule has 3 aromatic rings. The van der Waals surface area contributed by atoms with Gasteiger partial charge in [-0.2, -0.15) is 0 Å². The second kappa shape index (κ2) is 9.41. The lowest BCUT2D eigenvalue weighted by molar-refractivity contribution is -0.152. The van der Waals surface area contributed by atoms with Gasteiger partial charge in [0.25, 0.3) is 11.5 Å². The number of amides is 1. The average molecular weight is 462 g/mol. The van der Waals surface area contributed by atoms with Crippen LogP contribution >= 0.6 is 23.2 Å². The van der Waals surface area contributed by atoms with Gasteiger partial charge in [-0.15, -0.1) is 0 Å². The number of anilines is 1. The molecule has 2 aromatic carbocycles. The van der Waals surface area contributed by atoms with Crippen molar-refractivity contribution in [2.75, 3.05) is 5.32 Å². The van der Waals surface area contributed by atoms with Crippen LogP contribution in [-0.2, 0) is 27.8 Å². The minimum absolute atomic E-state index is 0.0698. The first-order chi connectivity index (χ1) is 14.7. The maximum Gasteiger partial charge on any atom is 0.311 e. The van der Waals surface area contributed by atoms with E-state index >= 15 is 0 Å². The lowest BCUT2D eigenvalue weighted by atomic mass is 10.1. The lowest BCUT2D eigenvalue weighted by Crippen LogP contribution is -2.32. The Morgan fingerprint density at radius 3 is 2.42 bits per heavy atom. The van der Waals surface area contributed by atoms with Crippen molar-refractivity contribution in [3.63, 3.8) is 0 Å². The Bertz CT molecular complexity index is 1190. The van der Waals surface area contributed by atoms with Crippen LogP contribution in [0.4, 0.5) is 5.69 Å². The van der Waals surface area contributed by atoms with Gasteiger partial charge in [0, 0.05) is 7.05 Å². The minimum Gasteiger partial charge on any atom is -0.452 e. The summed E-state index contributed by atoms with van der Waals surface area (Å²) in [6.45, 7) is 3.16. The number of esters is 1. The number of rotatable bonds is 6. The van der Waals surface area contributed by atoms with Gasteiger partial charge in [-0.25, -0.2) is 4.68 Å². The van der Waals surface area contributed by atoms with Crippen molar-refractivity contribution in [1.29, 1.82) is 0 Å². The number of hydrogen-bond donors (Lipinski definition) is 1. The Kier molecular flexibility index (Phi) is 6.87. The highest BCUT2D eigenvalue weighted by Crippen LogP contribution is 2.23. The Morgan fingerprint density at radius 1 is 1.10 bits per heavy atom. The number of carbonyl (C=O) groups is 2. The molecular formula is C22H21Cl2N3O4. The van der Waals surface area contributed by atoms with Crippen LogP contribution in [0.1, 0.15) is 18.2 Å². The number of hydrogen-bond acceptors (Lipinski definition) is 4. The molecule has 0 aliphatic heterocycles. The summed E-state index contributed by atoms with van der Waals surface area (Å²) in [5, 5.41) is 3.29. The van der Waals surface area contributed by atoms with E-state index in [-0.39, 0.29) is 17.7 Å². The Labute approximate surface area is 189 Å². The zero-order valence-electron chi connectivity index (χ0n) is 17.2. The van der Waals surface area contributed by atoms with Crippen molar-refractivity contribution in [2.24, 2.45) is 7.05 Å². The fourth-order valence-corrected chi connectivity index (χ4v) is 3.37. The summed E-state index contributed by atoms with van der Waals surface area (Å²) >= 11 is 11.8. The van der Waals surface area contributed by atoms with Crippen molar-refractivity contribution in [1.82, 2.24) is 9.36 Å². The zero-order chi connectivity index (χ0) is 22.7. The second-order valence-corrected chi connectivity index (χ2v) is 7.80. The topological polar surface area (TPSA) is 82.3 Å². The summed E-state index contributed by atoms with van der Waals surface area (Å²) < 4.78 is 8.31. The van der Waals surface area contributed by atoms with Crippen molar-refractivity contribution in [3.8, 4) is 5.69 Å². The quantitative estimate of drug-likeness (QED) is 0.564. The van der Waals surface area contributed by atoms with Crippen molar-refractivity contribution in [2.45, 2.75) is 26.4 Å². The van der Waals surface area contributed by atoms with E-state index in [1.54, 1.807) is 49.0 Å². The summed E-state index contributed by atoms with van der Waals surface area (Å²) in [4.78, 5) is 37.7. The van der Waals surface area contributed by atoms with E-state index < -0.39 is 18.0 Å². The van der Waals surface area contributed by atoms with Crippen molar-refractivity contribution in [3.05, 3.63) is 80.2 Å². The molecule has 1 amide bonds. The van der Waals surface area contributed by atoms with Crippen LogP contribution in [0.5, 0.6) is 0 Å². The lowest BCUT2D eigenvalue weighted by Gasteiger charge is -2.13. The van der Waals surface area contributed by atoms with Gasteiger partial charge >= 0.3 is 5.97 Å². The van der Waals surface area contributed by atoms with E-state index in [9.17, 15) is 14.4 Å². The summed E-state index contributed by atoms with van der Waals surface area (Å²) in [5.74, 6) is -1.21. The van der Waals surface area contributed by atoms with Crippen LogP contribution in [0.25, 0.3) is 5.69 Å². The smallest absolute Gasteiger partial charge is 0.311 e. The molecule has 0 saturated heterocycles. The van der Waals surface area contributed by atoms with Crippen molar-refractivity contribution < 1.29 is 14.3 Å². The van der Waals surface area contributed by atoms with Gasteiger partial charge in [0.2, 0.25) is 0 Å². The van der Waals surface area contributed by atoms with Gasteiger partial charge in [-0.1, -0.05) is 47.5 Å². The van der Waals surface area contributed by atoms with Crippen LogP contribution in [-0.4, -0.2) is 27.3 Å². The molecule has 1 aromatic heterocycles. The summed E-state index contributed by atoms with van der Waals surface area (Å²) in [5.41, 5.74) is 1.59. The number of halogens is 2. The van der Waals surface area contributed by atoms with Gasteiger partial charge in [-0.3, -0.25) is 19.1 Å².